The van der Waals surface area contributed by atoms with E-state index in [1.54, 1.807) is 0 Å². The predicted octanol–water partition coefficient (Wildman–Crippen LogP) is 2.41. The molecule has 10 heteroatoms. The molecule has 1 amide bonds. The Morgan fingerprint density at radius 3 is 2.63 bits per heavy atom. The van der Waals surface area contributed by atoms with Gasteiger partial charge < -0.3 is 9.64 Å². The Kier molecular flexibility index (Phi) is 4.42. The van der Waals surface area contributed by atoms with Crippen LogP contribution >= 0.6 is 0 Å². The second kappa shape index (κ2) is 6.12. The number of hydrogen-bond donors (Lipinski definition) is 0. The maximum Gasteiger partial charge on any atom is 0.425 e. The van der Waals surface area contributed by atoms with Crippen LogP contribution in [0.2, 0.25) is 0 Å². The topological polar surface area (TPSA) is 87.5 Å². The molecule has 1 saturated heterocycles. The smallest absolute Gasteiger partial charge is 0.425 e. The van der Waals surface area contributed by atoms with Gasteiger partial charge in [0.15, 0.2) is 15.9 Å². The third-order valence-electron chi connectivity index (χ3n) is 5.03. The molecular weight excluding hydrogens is 385 g/mol. The van der Waals surface area contributed by atoms with Crippen LogP contribution in [0.1, 0.15) is 23.7 Å². The number of rotatable bonds is 4. The van der Waals surface area contributed by atoms with Crippen LogP contribution in [0.15, 0.2) is 23.1 Å². The number of hydrogen-bond acceptors (Lipinski definition) is 5. The van der Waals surface area contributed by atoms with Crippen molar-refractivity contribution in [2.24, 2.45) is 11.3 Å². The molecule has 0 aromatic heterocycles. The number of benzene rings is 1. The highest BCUT2D eigenvalue weighted by molar-refractivity contribution is 7.90. The van der Waals surface area contributed by atoms with Crippen molar-refractivity contribution in [2.75, 3.05) is 19.3 Å². The summed E-state index contributed by atoms with van der Waals surface area (Å²) in [4.78, 5) is 14.0. The fourth-order valence-electron chi connectivity index (χ4n) is 3.25. The summed E-state index contributed by atoms with van der Waals surface area (Å²) in [5.74, 6) is -0.946. The van der Waals surface area contributed by atoms with E-state index >= 15 is 0 Å². The van der Waals surface area contributed by atoms with Gasteiger partial charge in [-0.25, -0.2) is 8.42 Å². The lowest BCUT2D eigenvalue weighted by Gasteiger charge is -2.23. The molecule has 0 radical (unpaired) electrons. The maximum atomic E-state index is 12.9. The summed E-state index contributed by atoms with van der Waals surface area (Å²) in [5, 5.41) is 9.23. The van der Waals surface area contributed by atoms with E-state index in [0.29, 0.717) is 13.0 Å². The lowest BCUT2D eigenvalue weighted by atomic mass is 10.1. The van der Waals surface area contributed by atoms with E-state index in [4.69, 9.17) is 4.74 Å². The summed E-state index contributed by atoms with van der Waals surface area (Å²) < 4.78 is 67.0. The Labute approximate surface area is 154 Å². The summed E-state index contributed by atoms with van der Waals surface area (Å²) in [7, 11) is -3.68. The molecule has 1 saturated carbocycles. The molecule has 2 fully saturated rings. The Morgan fingerprint density at radius 2 is 2.11 bits per heavy atom. The number of fused-ring (bicyclic) bond motifs is 1. The van der Waals surface area contributed by atoms with Crippen LogP contribution in [0, 0.1) is 22.7 Å². The van der Waals surface area contributed by atoms with Gasteiger partial charge in [0, 0.05) is 19.3 Å². The number of nitriles is 1. The van der Waals surface area contributed by atoms with Gasteiger partial charge in [-0.2, -0.15) is 18.4 Å². The van der Waals surface area contributed by atoms with Gasteiger partial charge in [-0.05, 0) is 37.5 Å². The highest BCUT2D eigenvalue weighted by Crippen LogP contribution is 2.57. The molecule has 0 bridgehead atoms. The van der Waals surface area contributed by atoms with Gasteiger partial charge >= 0.3 is 6.18 Å². The van der Waals surface area contributed by atoms with Crippen molar-refractivity contribution < 1.29 is 31.1 Å². The summed E-state index contributed by atoms with van der Waals surface area (Å²) in [5.41, 5.74) is -0.854. The van der Waals surface area contributed by atoms with Crippen LogP contribution in [-0.4, -0.2) is 50.9 Å². The van der Waals surface area contributed by atoms with Gasteiger partial charge in [0.2, 0.25) is 0 Å². The molecule has 0 spiro atoms. The summed E-state index contributed by atoms with van der Waals surface area (Å²) in [6.07, 6.45) is -5.20. The molecule has 1 aromatic carbocycles. The molecule has 27 heavy (non-hydrogen) atoms. The summed E-state index contributed by atoms with van der Waals surface area (Å²) >= 11 is 0. The Morgan fingerprint density at radius 1 is 1.44 bits per heavy atom. The molecule has 2 aliphatic rings. The van der Waals surface area contributed by atoms with E-state index < -0.39 is 33.4 Å². The fourth-order valence-corrected chi connectivity index (χ4v) is 3.90. The standard InChI is InChI=1S/C17H17F3N2O4S/c1-10(17(18,19)20)26-14-4-3-12(27(2,24)25)5-13(14)15(23)22-7-11-6-16(11,8-21)9-22/h3-5,10-11H,6-7,9H2,1-2H3/t10-,11?,16?/m0/s1. The van der Waals surface area contributed by atoms with Crippen LogP contribution in [0.5, 0.6) is 5.75 Å². The van der Waals surface area contributed by atoms with Crippen molar-refractivity contribution in [1.29, 1.82) is 5.26 Å². The van der Waals surface area contributed by atoms with Crippen molar-refractivity contribution in [3.63, 3.8) is 0 Å². The van der Waals surface area contributed by atoms with Crippen molar-refractivity contribution in [1.82, 2.24) is 4.90 Å². The van der Waals surface area contributed by atoms with Crippen molar-refractivity contribution in [3.05, 3.63) is 23.8 Å². The normalized spacial score (nSPS) is 25.5. The van der Waals surface area contributed by atoms with Crippen LogP contribution in [0.3, 0.4) is 0 Å². The van der Waals surface area contributed by atoms with Gasteiger partial charge in [0.25, 0.3) is 5.91 Å². The summed E-state index contributed by atoms with van der Waals surface area (Å²) in [6.45, 7) is 1.28. The Balaban J connectivity index is 1.95. The highest BCUT2D eigenvalue weighted by atomic mass is 32.2. The largest absolute Gasteiger partial charge is 0.480 e. The fraction of sp³-hybridized carbons (Fsp3) is 0.529. The van der Waals surface area contributed by atoms with Crippen LogP contribution < -0.4 is 4.74 Å². The van der Waals surface area contributed by atoms with E-state index in [-0.39, 0.29) is 28.7 Å². The third-order valence-corrected chi connectivity index (χ3v) is 6.14. The number of halogens is 3. The molecular formula is C17H17F3N2O4S. The van der Waals surface area contributed by atoms with Crippen molar-refractivity contribution in [2.45, 2.75) is 30.5 Å². The number of alkyl halides is 3. The second-order valence-electron chi connectivity index (χ2n) is 7.09. The second-order valence-corrected chi connectivity index (χ2v) is 9.10. The van der Waals surface area contributed by atoms with Gasteiger partial charge in [-0.15, -0.1) is 0 Å². The number of sulfone groups is 1. The monoisotopic (exact) mass is 402 g/mol. The Bertz CT molecular complexity index is 938. The molecule has 3 rings (SSSR count). The Hall–Kier alpha value is -2.28. The number of carbonyl (C=O) groups excluding carboxylic acids is 1. The zero-order chi connectivity index (χ0) is 20.2. The SMILES string of the molecule is C[C@H](Oc1ccc(S(C)(=O)=O)cc1C(=O)N1CC2CC2(C#N)C1)C(F)(F)F. The van der Waals surface area contributed by atoms with Crippen LogP contribution in [0.25, 0.3) is 0 Å². The number of piperidine rings is 1. The van der Waals surface area contributed by atoms with E-state index in [1.165, 1.54) is 4.90 Å². The van der Waals surface area contributed by atoms with Gasteiger partial charge in [0.05, 0.1) is 21.9 Å². The van der Waals surface area contributed by atoms with E-state index in [2.05, 4.69) is 6.07 Å². The minimum Gasteiger partial charge on any atom is -0.480 e. The zero-order valence-electron chi connectivity index (χ0n) is 14.6. The maximum absolute atomic E-state index is 12.9. The first kappa shape index (κ1) is 19.5. The van der Waals surface area contributed by atoms with Crippen LogP contribution in [0.4, 0.5) is 13.2 Å². The quantitative estimate of drug-likeness (QED) is 0.772. The number of amides is 1. The van der Waals surface area contributed by atoms with Gasteiger partial charge in [0.1, 0.15) is 5.75 Å². The lowest BCUT2D eigenvalue weighted by Crippen LogP contribution is -2.34. The average Bonchev–Trinajstić information content (AvgIpc) is 3.13. The zero-order valence-corrected chi connectivity index (χ0v) is 15.4. The number of nitrogens with zero attached hydrogens (tertiary/aromatic N) is 2. The van der Waals surface area contributed by atoms with Crippen molar-refractivity contribution >= 4 is 15.7 Å². The lowest BCUT2D eigenvalue weighted by molar-refractivity contribution is -0.189. The van der Waals surface area contributed by atoms with Gasteiger partial charge in [-0.1, -0.05) is 0 Å². The molecule has 1 aliphatic carbocycles. The van der Waals surface area contributed by atoms with Gasteiger partial charge in [-0.3, -0.25) is 4.79 Å². The van der Waals surface area contributed by atoms with E-state index in [1.807, 2.05) is 0 Å². The molecule has 1 heterocycles. The molecule has 2 unspecified atom stereocenters. The average molecular weight is 402 g/mol. The molecule has 3 atom stereocenters. The molecule has 6 nitrogen and oxygen atoms in total. The molecule has 1 aliphatic heterocycles. The van der Waals surface area contributed by atoms with Crippen molar-refractivity contribution in [3.8, 4) is 11.8 Å². The van der Waals surface area contributed by atoms with Crippen LogP contribution in [-0.2, 0) is 9.84 Å². The highest BCUT2D eigenvalue weighted by Gasteiger charge is 2.61. The first-order valence-electron chi connectivity index (χ1n) is 8.15. The van der Waals surface area contributed by atoms with E-state index in [0.717, 1.165) is 31.4 Å². The summed E-state index contributed by atoms with van der Waals surface area (Å²) in [6, 6.07) is 5.37. The number of likely N-dealkylation sites (tertiary alicyclic amines) is 1. The third kappa shape index (κ3) is 3.60. The molecule has 1 aromatic rings. The molecule has 0 N–H and O–H groups in total. The van der Waals surface area contributed by atoms with E-state index in [9.17, 15) is 31.6 Å². The minimum atomic E-state index is -4.64. The minimum absolute atomic E-state index is 0.0445. The number of carbonyl (C=O) groups is 1. The number of ether oxygens (including phenoxy) is 1. The first-order valence-corrected chi connectivity index (χ1v) is 10.0. The molecule has 146 valence electrons. The first-order chi connectivity index (χ1) is 12.4. The predicted molar refractivity (Wildman–Crippen MR) is 87.8 cm³/mol.